The van der Waals surface area contributed by atoms with Gasteiger partial charge in [0, 0.05) is 34.5 Å². The van der Waals surface area contributed by atoms with Gasteiger partial charge in [-0.2, -0.15) is 0 Å². The van der Waals surface area contributed by atoms with Crippen molar-refractivity contribution in [3.05, 3.63) is 107 Å². The maximum atomic E-state index is 9.85. The molecule has 0 bridgehead atoms. The van der Waals surface area contributed by atoms with Crippen molar-refractivity contribution in [1.29, 1.82) is 0 Å². The number of phenols is 1. The number of phenolic OH excluding ortho intramolecular Hbond substituents is 1. The Labute approximate surface area is 199 Å². The second kappa shape index (κ2) is 8.37. The largest absolute Gasteiger partial charge is 0.508 e. The number of hydrogen-bond donors (Lipinski definition) is 2. The van der Waals surface area contributed by atoms with Crippen molar-refractivity contribution in [1.82, 2.24) is 14.9 Å². The highest BCUT2D eigenvalue weighted by molar-refractivity contribution is 7.80. The van der Waals surface area contributed by atoms with Gasteiger partial charge in [-0.15, -0.1) is 0 Å². The number of nitrogens with one attached hydrogen (secondary N) is 1. The van der Waals surface area contributed by atoms with Gasteiger partial charge in [0.2, 0.25) is 0 Å². The fraction of sp³-hybridized carbons (Fsp3) is 0.185. The number of hydrogen-bond acceptors (Lipinski definition) is 3. The van der Waals surface area contributed by atoms with E-state index in [1.165, 1.54) is 22.5 Å². The van der Waals surface area contributed by atoms with E-state index in [0.717, 1.165) is 17.1 Å². The summed E-state index contributed by atoms with van der Waals surface area (Å²) >= 11 is 5.85. The van der Waals surface area contributed by atoms with E-state index < -0.39 is 0 Å². The standard InChI is InChI=1S/C27H26N4OS/c1-17-18(2)30(20-9-5-4-6-10-20)19(3)24(17)26-25(23-11-7-8-16-28-23)29-27(33)31(26)21-12-14-22(32)15-13-21/h4-16,25-26,32H,1-3H3,(H,29,33)/t25-,26+/m0/s1. The first-order valence-electron chi connectivity index (χ1n) is 11.0. The molecule has 0 saturated carbocycles. The zero-order valence-corrected chi connectivity index (χ0v) is 19.7. The molecule has 2 aromatic heterocycles. The van der Waals surface area contributed by atoms with Crippen molar-refractivity contribution in [2.45, 2.75) is 32.9 Å². The summed E-state index contributed by atoms with van der Waals surface area (Å²) in [5.41, 5.74) is 7.85. The van der Waals surface area contributed by atoms with Crippen molar-refractivity contribution in [2.75, 3.05) is 4.90 Å². The summed E-state index contributed by atoms with van der Waals surface area (Å²) in [6.45, 7) is 6.53. The highest BCUT2D eigenvalue weighted by atomic mass is 32.1. The van der Waals surface area contributed by atoms with Gasteiger partial charge in [0.05, 0.1) is 17.8 Å². The Morgan fingerprint density at radius 3 is 2.21 bits per heavy atom. The second-order valence-electron chi connectivity index (χ2n) is 8.39. The number of anilines is 1. The summed E-state index contributed by atoms with van der Waals surface area (Å²) in [5, 5.41) is 14.0. The molecule has 33 heavy (non-hydrogen) atoms. The van der Waals surface area contributed by atoms with Crippen LogP contribution in [0.3, 0.4) is 0 Å². The molecule has 5 rings (SSSR count). The first-order chi connectivity index (χ1) is 16.0. The van der Waals surface area contributed by atoms with E-state index >= 15 is 0 Å². The predicted molar refractivity (Wildman–Crippen MR) is 136 cm³/mol. The van der Waals surface area contributed by atoms with Crippen LogP contribution in [0.15, 0.2) is 79.0 Å². The number of para-hydroxylation sites is 1. The topological polar surface area (TPSA) is 53.3 Å². The van der Waals surface area contributed by atoms with Crippen LogP contribution in [-0.4, -0.2) is 19.8 Å². The average molecular weight is 455 g/mol. The summed E-state index contributed by atoms with van der Waals surface area (Å²) in [7, 11) is 0. The van der Waals surface area contributed by atoms with Crippen LogP contribution in [0.4, 0.5) is 5.69 Å². The highest BCUT2D eigenvalue weighted by Crippen LogP contribution is 2.45. The molecule has 5 nitrogen and oxygen atoms in total. The number of pyridine rings is 1. The summed E-state index contributed by atoms with van der Waals surface area (Å²) in [6.07, 6.45) is 1.82. The fourth-order valence-corrected chi connectivity index (χ4v) is 5.29. The molecule has 0 radical (unpaired) electrons. The quantitative estimate of drug-likeness (QED) is 0.389. The molecule has 2 aromatic carbocycles. The number of thiocarbonyl (C=S) groups is 1. The van der Waals surface area contributed by atoms with Crippen molar-refractivity contribution < 1.29 is 5.11 Å². The van der Waals surface area contributed by atoms with Crippen LogP contribution < -0.4 is 10.2 Å². The van der Waals surface area contributed by atoms with Crippen molar-refractivity contribution in [2.24, 2.45) is 0 Å². The summed E-state index contributed by atoms with van der Waals surface area (Å²) in [5.74, 6) is 0.230. The Balaban J connectivity index is 1.72. The van der Waals surface area contributed by atoms with Crippen molar-refractivity contribution in [3.63, 3.8) is 0 Å². The minimum atomic E-state index is -0.115. The smallest absolute Gasteiger partial charge is 0.174 e. The fourth-order valence-electron chi connectivity index (χ4n) is 4.95. The van der Waals surface area contributed by atoms with Crippen LogP contribution in [0.5, 0.6) is 5.75 Å². The molecule has 0 unspecified atom stereocenters. The first kappa shape index (κ1) is 21.2. The molecule has 0 amide bonds. The molecule has 1 aliphatic heterocycles. The molecular formula is C27H26N4OS. The molecule has 2 N–H and O–H groups in total. The van der Waals surface area contributed by atoms with Gasteiger partial charge < -0.3 is 19.9 Å². The van der Waals surface area contributed by atoms with Gasteiger partial charge in [-0.1, -0.05) is 24.3 Å². The van der Waals surface area contributed by atoms with Crippen LogP contribution in [0, 0.1) is 20.8 Å². The third kappa shape index (κ3) is 3.56. The normalized spacial score (nSPS) is 17.9. The van der Waals surface area contributed by atoms with E-state index in [2.05, 4.69) is 64.8 Å². The monoisotopic (exact) mass is 454 g/mol. The zero-order valence-electron chi connectivity index (χ0n) is 18.9. The number of rotatable bonds is 4. The van der Waals surface area contributed by atoms with E-state index in [-0.39, 0.29) is 17.8 Å². The van der Waals surface area contributed by atoms with Gasteiger partial charge in [0.25, 0.3) is 0 Å². The molecule has 6 heteroatoms. The maximum Gasteiger partial charge on any atom is 0.174 e. The van der Waals surface area contributed by atoms with Gasteiger partial charge >= 0.3 is 0 Å². The second-order valence-corrected chi connectivity index (χ2v) is 8.78. The first-order valence-corrected chi connectivity index (χ1v) is 11.4. The van der Waals surface area contributed by atoms with Gasteiger partial charge in [-0.3, -0.25) is 4.98 Å². The van der Waals surface area contributed by atoms with Gasteiger partial charge in [0.1, 0.15) is 5.75 Å². The zero-order chi connectivity index (χ0) is 23.1. The molecule has 0 aliphatic carbocycles. The molecule has 1 saturated heterocycles. The van der Waals surface area contributed by atoms with Gasteiger partial charge in [0.15, 0.2) is 5.11 Å². The average Bonchev–Trinajstić information content (AvgIpc) is 3.28. The highest BCUT2D eigenvalue weighted by Gasteiger charge is 2.43. The van der Waals surface area contributed by atoms with Gasteiger partial charge in [-0.25, -0.2) is 0 Å². The van der Waals surface area contributed by atoms with E-state index in [1.54, 1.807) is 12.1 Å². The number of nitrogens with zero attached hydrogens (tertiary/aromatic N) is 3. The van der Waals surface area contributed by atoms with E-state index in [4.69, 9.17) is 12.2 Å². The van der Waals surface area contributed by atoms with Crippen LogP contribution in [0.25, 0.3) is 5.69 Å². The predicted octanol–water partition coefficient (Wildman–Crippen LogP) is 5.68. The SMILES string of the molecule is Cc1c([C@@H]2[C@H](c3ccccn3)NC(=S)N2c2ccc(O)cc2)c(C)n(-c2ccccc2)c1C. The third-order valence-electron chi connectivity index (χ3n) is 6.54. The number of aromatic nitrogens is 2. The minimum Gasteiger partial charge on any atom is -0.508 e. The lowest BCUT2D eigenvalue weighted by Gasteiger charge is -2.29. The van der Waals surface area contributed by atoms with Crippen molar-refractivity contribution >= 4 is 23.0 Å². The lowest BCUT2D eigenvalue weighted by molar-refractivity contribution is 0.475. The number of aromatic hydroxyl groups is 1. The van der Waals surface area contributed by atoms with E-state index in [1.807, 2.05) is 42.6 Å². The van der Waals surface area contributed by atoms with Crippen LogP contribution in [0.1, 0.15) is 40.3 Å². The summed E-state index contributed by atoms with van der Waals surface area (Å²) in [4.78, 5) is 6.82. The Bertz CT molecular complexity index is 1300. The van der Waals surface area contributed by atoms with Crippen LogP contribution in [-0.2, 0) is 0 Å². The molecular weight excluding hydrogens is 428 g/mol. The molecule has 1 aliphatic rings. The Kier molecular flexibility index (Phi) is 5.38. The molecule has 166 valence electrons. The maximum absolute atomic E-state index is 9.85. The van der Waals surface area contributed by atoms with E-state index in [0.29, 0.717) is 5.11 Å². The summed E-state index contributed by atoms with van der Waals surface area (Å²) < 4.78 is 2.32. The van der Waals surface area contributed by atoms with Crippen molar-refractivity contribution in [3.8, 4) is 11.4 Å². The molecule has 4 aromatic rings. The lowest BCUT2D eigenvalue weighted by Crippen LogP contribution is -2.29. The molecule has 0 spiro atoms. The molecule has 1 fully saturated rings. The van der Waals surface area contributed by atoms with Crippen LogP contribution in [0.2, 0.25) is 0 Å². The Morgan fingerprint density at radius 2 is 1.55 bits per heavy atom. The lowest BCUT2D eigenvalue weighted by atomic mass is 9.93. The number of benzene rings is 2. The van der Waals surface area contributed by atoms with E-state index in [9.17, 15) is 5.11 Å². The molecule has 2 atom stereocenters. The van der Waals surface area contributed by atoms with Crippen LogP contribution >= 0.6 is 12.2 Å². The van der Waals surface area contributed by atoms with Gasteiger partial charge in [-0.05, 0) is 87.1 Å². The minimum absolute atomic E-state index is 0.0967. The third-order valence-corrected chi connectivity index (χ3v) is 6.86. The molecule has 3 heterocycles. The summed E-state index contributed by atoms with van der Waals surface area (Å²) in [6, 6.07) is 23.4. The Hall–Kier alpha value is -3.64. The Morgan fingerprint density at radius 1 is 0.848 bits per heavy atom.